The molecule has 6 aromatic rings. The van der Waals surface area contributed by atoms with Gasteiger partial charge < -0.3 is 4.90 Å². The molecule has 0 spiro atoms. The largest absolute Gasteiger partial charge is 0.310 e. The quantitative estimate of drug-likeness (QED) is 0.197. The number of hydrogen-bond acceptors (Lipinski definition) is 3. The molecule has 0 bridgehead atoms. The zero-order valence-corrected chi connectivity index (χ0v) is 22.1. The standard InChI is InChI=1S/C28H17Br2NS2/c29-27-16-20-14-23(10-12-25(20)32-27)31(24-11-13-26-21(15-24)17-28(30)33-26)22-8-6-19(7-9-22)18-4-2-1-3-5-18/h1-17H. The van der Waals surface area contributed by atoms with Crippen LogP contribution in [0.2, 0.25) is 0 Å². The van der Waals surface area contributed by atoms with Gasteiger partial charge in [-0.05, 0) is 114 Å². The highest BCUT2D eigenvalue weighted by atomic mass is 79.9. The van der Waals surface area contributed by atoms with Crippen LogP contribution in [0.5, 0.6) is 0 Å². The van der Waals surface area contributed by atoms with E-state index in [9.17, 15) is 0 Å². The number of fused-ring (bicyclic) bond motifs is 2. The van der Waals surface area contributed by atoms with Crippen molar-refractivity contribution in [2.45, 2.75) is 0 Å². The molecule has 33 heavy (non-hydrogen) atoms. The number of halogens is 2. The third kappa shape index (κ3) is 4.15. The lowest BCUT2D eigenvalue weighted by molar-refractivity contribution is 1.30. The van der Waals surface area contributed by atoms with Gasteiger partial charge in [0.25, 0.3) is 0 Å². The van der Waals surface area contributed by atoms with Crippen LogP contribution >= 0.6 is 54.5 Å². The summed E-state index contributed by atoms with van der Waals surface area (Å²) < 4.78 is 4.86. The van der Waals surface area contributed by atoms with E-state index in [4.69, 9.17) is 0 Å². The van der Waals surface area contributed by atoms with Crippen molar-refractivity contribution in [3.05, 3.63) is 111 Å². The maximum atomic E-state index is 3.64. The number of rotatable bonds is 4. The molecule has 0 fully saturated rings. The first kappa shape index (κ1) is 21.1. The molecule has 0 saturated heterocycles. The van der Waals surface area contributed by atoms with Gasteiger partial charge >= 0.3 is 0 Å². The van der Waals surface area contributed by atoms with Gasteiger partial charge in [-0.1, -0.05) is 42.5 Å². The zero-order chi connectivity index (χ0) is 22.4. The van der Waals surface area contributed by atoms with Crippen molar-refractivity contribution >= 4 is 91.8 Å². The van der Waals surface area contributed by atoms with Gasteiger partial charge in [-0.2, -0.15) is 0 Å². The Morgan fingerprint density at radius 1 is 0.485 bits per heavy atom. The second-order valence-corrected chi connectivity index (χ2v) is 12.7. The molecule has 5 heteroatoms. The van der Waals surface area contributed by atoms with Crippen LogP contribution in [-0.2, 0) is 0 Å². The number of nitrogens with zero attached hydrogens (tertiary/aromatic N) is 1. The van der Waals surface area contributed by atoms with E-state index in [1.54, 1.807) is 22.7 Å². The Balaban J connectivity index is 1.50. The molecular formula is C28H17Br2NS2. The Morgan fingerprint density at radius 3 is 1.52 bits per heavy atom. The van der Waals surface area contributed by atoms with Crippen LogP contribution in [0.3, 0.4) is 0 Å². The first-order valence-electron chi connectivity index (χ1n) is 10.5. The predicted molar refractivity (Wildman–Crippen MR) is 153 cm³/mol. The van der Waals surface area contributed by atoms with Crippen LogP contribution in [0.1, 0.15) is 0 Å². The molecular weight excluding hydrogens is 574 g/mol. The Bertz CT molecular complexity index is 1500. The van der Waals surface area contributed by atoms with E-state index in [2.05, 4.69) is 140 Å². The van der Waals surface area contributed by atoms with E-state index in [1.807, 2.05) is 0 Å². The molecule has 2 heterocycles. The molecule has 0 aliphatic carbocycles. The van der Waals surface area contributed by atoms with Crippen LogP contribution in [0.25, 0.3) is 31.3 Å². The molecule has 6 rings (SSSR count). The fourth-order valence-electron chi connectivity index (χ4n) is 4.16. The summed E-state index contributed by atoms with van der Waals surface area (Å²) in [7, 11) is 0. The van der Waals surface area contributed by atoms with Crippen molar-refractivity contribution in [1.29, 1.82) is 0 Å². The van der Waals surface area contributed by atoms with Gasteiger partial charge in [0.15, 0.2) is 0 Å². The van der Waals surface area contributed by atoms with Gasteiger partial charge in [0, 0.05) is 26.5 Å². The van der Waals surface area contributed by atoms with Gasteiger partial charge in [0.2, 0.25) is 0 Å². The highest BCUT2D eigenvalue weighted by Crippen LogP contribution is 2.41. The van der Waals surface area contributed by atoms with E-state index in [0.717, 1.165) is 24.6 Å². The topological polar surface area (TPSA) is 3.24 Å². The fraction of sp³-hybridized carbons (Fsp3) is 0. The van der Waals surface area contributed by atoms with Gasteiger partial charge in [0.05, 0.1) is 7.57 Å². The minimum absolute atomic E-state index is 1.14. The van der Waals surface area contributed by atoms with Gasteiger partial charge in [0.1, 0.15) is 0 Å². The van der Waals surface area contributed by atoms with E-state index in [0.29, 0.717) is 0 Å². The van der Waals surface area contributed by atoms with E-state index in [-0.39, 0.29) is 0 Å². The highest BCUT2D eigenvalue weighted by Gasteiger charge is 2.15. The van der Waals surface area contributed by atoms with Crippen LogP contribution in [0, 0.1) is 0 Å². The fourth-order valence-corrected chi connectivity index (χ4v) is 7.23. The minimum atomic E-state index is 1.14. The van der Waals surface area contributed by atoms with Gasteiger partial charge in [-0.3, -0.25) is 0 Å². The lowest BCUT2D eigenvalue weighted by Gasteiger charge is -2.26. The summed E-state index contributed by atoms with van der Waals surface area (Å²) in [5.41, 5.74) is 5.87. The van der Waals surface area contributed by atoms with Crippen LogP contribution in [0.4, 0.5) is 17.1 Å². The SMILES string of the molecule is Brc1cc2cc(N(c3ccc(-c4ccccc4)cc3)c3ccc4sc(Br)cc4c3)ccc2s1. The second kappa shape index (κ2) is 8.73. The molecule has 160 valence electrons. The molecule has 0 aliphatic rings. The van der Waals surface area contributed by atoms with Crippen LogP contribution in [0.15, 0.2) is 111 Å². The van der Waals surface area contributed by atoms with E-state index in [1.165, 1.54) is 31.3 Å². The summed E-state index contributed by atoms with van der Waals surface area (Å²) in [6.07, 6.45) is 0. The molecule has 0 amide bonds. The van der Waals surface area contributed by atoms with Gasteiger partial charge in [-0.25, -0.2) is 0 Å². The number of anilines is 3. The molecule has 0 atom stereocenters. The maximum absolute atomic E-state index is 3.64. The number of benzene rings is 4. The lowest BCUT2D eigenvalue weighted by atomic mass is 10.0. The molecule has 0 unspecified atom stereocenters. The first-order valence-corrected chi connectivity index (χ1v) is 13.7. The van der Waals surface area contributed by atoms with Crippen molar-refractivity contribution in [2.24, 2.45) is 0 Å². The third-order valence-corrected chi connectivity index (χ3v) is 8.93. The van der Waals surface area contributed by atoms with Crippen LogP contribution in [-0.4, -0.2) is 0 Å². The van der Waals surface area contributed by atoms with Crippen LogP contribution < -0.4 is 4.90 Å². The molecule has 1 nitrogen and oxygen atoms in total. The zero-order valence-electron chi connectivity index (χ0n) is 17.3. The summed E-state index contributed by atoms with van der Waals surface area (Å²) in [5, 5.41) is 2.49. The summed E-state index contributed by atoms with van der Waals surface area (Å²) in [5.74, 6) is 0. The van der Waals surface area contributed by atoms with Crippen molar-refractivity contribution in [3.8, 4) is 11.1 Å². The Labute approximate surface area is 217 Å². The second-order valence-electron chi connectivity index (χ2n) is 7.79. The van der Waals surface area contributed by atoms with Gasteiger partial charge in [-0.15, -0.1) is 22.7 Å². The molecule has 0 saturated carbocycles. The van der Waals surface area contributed by atoms with Crippen molar-refractivity contribution in [3.63, 3.8) is 0 Å². The predicted octanol–water partition coefficient (Wildman–Crippen LogP) is 10.8. The average molecular weight is 591 g/mol. The Hall–Kier alpha value is -2.44. The highest BCUT2D eigenvalue weighted by molar-refractivity contribution is 9.11. The first-order chi connectivity index (χ1) is 16.1. The normalized spacial score (nSPS) is 11.3. The summed E-state index contributed by atoms with van der Waals surface area (Å²) in [6.45, 7) is 0. The number of thiophene rings is 2. The summed E-state index contributed by atoms with van der Waals surface area (Å²) >= 11 is 10.8. The summed E-state index contributed by atoms with van der Waals surface area (Å²) in [6, 6.07) is 37.1. The van der Waals surface area contributed by atoms with Crippen molar-refractivity contribution < 1.29 is 0 Å². The molecule has 0 aliphatic heterocycles. The van der Waals surface area contributed by atoms with Crippen molar-refractivity contribution in [1.82, 2.24) is 0 Å². The molecule has 2 aromatic heterocycles. The number of hydrogen-bond donors (Lipinski definition) is 0. The summed E-state index contributed by atoms with van der Waals surface area (Å²) in [4.78, 5) is 2.34. The molecule has 0 radical (unpaired) electrons. The Morgan fingerprint density at radius 2 is 0.970 bits per heavy atom. The molecule has 0 N–H and O–H groups in total. The third-order valence-electron chi connectivity index (χ3n) is 5.69. The monoisotopic (exact) mass is 589 g/mol. The lowest BCUT2D eigenvalue weighted by Crippen LogP contribution is -2.09. The molecule has 4 aromatic carbocycles. The van der Waals surface area contributed by atoms with Crippen molar-refractivity contribution in [2.75, 3.05) is 4.90 Å². The smallest absolute Gasteiger partial charge is 0.0711 e. The maximum Gasteiger partial charge on any atom is 0.0711 e. The average Bonchev–Trinajstić information content (AvgIpc) is 3.40. The van der Waals surface area contributed by atoms with E-state index >= 15 is 0 Å². The van der Waals surface area contributed by atoms with E-state index < -0.39 is 0 Å². The minimum Gasteiger partial charge on any atom is -0.310 e. The Kier molecular flexibility index (Phi) is 5.59.